The van der Waals surface area contributed by atoms with Gasteiger partial charge >= 0.3 is 25.5 Å². The van der Waals surface area contributed by atoms with Crippen LogP contribution in [-0.4, -0.2) is 51.7 Å². The molecule has 13 nitrogen and oxygen atoms in total. The predicted octanol–water partition coefficient (Wildman–Crippen LogP) is 7.34. The second kappa shape index (κ2) is 17.6. The highest BCUT2D eigenvalue weighted by Gasteiger charge is 2.47. The molecule has 0 fully saturated rings. The fourth-order valence-electron chi connectivity index (χ4n) is 3.71. The van der Waals surface area contributed by atoms with Gasteiger partial charge in [0, 0.05) is 0 Å². The summed E-state index contributed by atoms with van der Waals surface area (Å²) in [5.41, 5.74) is -2.10. The molecule has 0 saturated carbocycles. The third-order valence-electron chi connectivity index (χ3n) is 6.56. The number of benzene rings is 2. The molecule has 2 rings (SSSR count). The number of para-hydroxylation sites is 1. The number of hydrogen-bond acceptors (Lipinski definition) is 13. The maximum absolute atomic E-state index is 14.4. The molecule has 1 unspecified atom stereocenters. The summed E-state index contributed by atoms with van der Waals surface area (Å²) in [6.45, 7) is 11.3. The van der Waals surface area contributed by atoms with Crippen LogP contribution in [0.3, 0.4) is 0 Å². The summed E-state index contributed by atoms with van der Waals surface area (Å²) < 4.78 is 78.5. The molecule has 2 aromatic rings. The van der Waals surface area contributed by atoms with Crippen molar-refractivity contribution in [2.45, 2.75) is 86.6 Å². The van der Waals surface area contributed by atoms with Crippen LogP contribution in [0.4, 0.5) is 0 Å². The molecular weight excluding hydrogens is 679 g/mol. The molecule has 0 radical (unpaired) electrons. The van der Waals surface area contributed by atoms with Crippen LogP contribution in [0, 0.1) is 16.2 Å². The van der Waals surface area contributed by atoms with Crippen LogP contribution < -0.4 is 4.74 Å². The summed E-state index contributed by atoms with van der Waals surface area (Å²) in [6, 6.07) is 16.3. The average Bonchev–Trinajstić information content (AvgIpc) is 2.98. The lowest BCUT2D eigenvalue weighted by Gasteiger charge is -2.27. The first kappa shape index (κ1) is 41.9. The molecule has 0 N–H and O–H groups in total. The summed E-state index contributed by atoms with van der Waals surface area (Å²) in [6.07, 6.45) is 0.0656. The van der Waals surface area contributed by atoms with Gasteiger partial charge in [-0.1, -0.05) is 30.3 Å². The van der Waals surface area contributed by atoms with Crippen LogP contribution in [-0.2, 0) is 62.9 Å². The standard InChI is InChI=1S/C34H49O13PS/c1-32(2,3)29(35)41-22-44-48(38,45-23-42-30(36)33(4,5)6)28(49(39,40)46-24-43-31(37)34(7,8)9)20-14-16-25-15-13-19-27(21-25)47-26-17-11-10-12-18-26/h10-13,15,17-19,21,28H,14,16,20,22-24H2,1-9H3. The van der Waals surface area contributed by atoms with Crippen LogP contribution in [0.2, 0.25) is 0 Å². The molecule has 0 aliphatic carbocycles. The van der Waals surface area contributed by atoms with E-state index in [9.17, 15) is 27.4 Å². The average molecular weight is 729 g/mol. The van der Waals surface area contributed by atoms with Gasteiger partial charge in [-0.15, -0.1) is 0 Å². The van der Waals surface area contributed by atoms with Gasteiger partial charge in [0.1, 0.15) is 11.5 Å². The van der Waals surface area contributed by atoms with Crippen molar-refractivity contribution in [1.82, 2.24) is 0 Å². The lowest BCUT2D eigenvalue weighted by atomic mass is 9.98. The number of carbonyl (C=O) groups excluding carboxylic acids is 3. The van der Waals surface area contributed by atoms with Gasteiger partial charge in [0.25, 0.3) is 10.1 Å². The maximum atomic E-state index is 14.4. The molecule has 0 heterocycles. The zero-order valence-corrected chi connectivity index (χ0v) is 31.4. The molecule has 0 aliphatic rings. The molecule has 0 spiro atoms. The summed E-state index contributed by atoms with van der Waals surface area (Å²) in [4.78, 5) is 35.0. The normalized spacial score (nSPS) is 13.3. The van der Waals surface area contributed by atoms with E-state index in [0.29, 0.717) is 17.9 Å². The van der Waals surface area contributed by atoms with E-state index >= 15 is 0 Å². The van der Waals surface area contributed by atoms with Gasteiger partial charge in [-0.3, -0.25) is 28.0 Å². The maximum Gasteiger partial charge on any atom is 0.357 e. The van der Waals surface area contributed by atoms with Crippen molar-refractivity contribution in [3.8, 4) is 11.5 Å². The van der Waals surface area contributed by atoms with Crippen LogP contribution in [0.15, 0.2) is 54.6 Å². The van der Waals surface area contributed by atoms with Crippen LogP contribution in [0.25, 0.3) is 0 Å². The zero-order valence-electron chi connectivity index (χ0n) is 29.7. The van der Waals surface area contributed by atoms with Crippen molar-refractivity contribution in [3.63, 3.8) is 0 Å². The van der Waals surface area contributed by atoms with E-state index in [0.717, 1.165) is 5.56 Å². The Balaban J connectivity index is 2.36. The van der Waals surface area contributed by atoms with Crippen molar-refractivity contribution < 1.29 is 59.5 Å². The molecule has 0 aromatic heterocycles. The first-order valence-corrected chi connectivity index (χ1v) is 18.7. The minimum atomic E-state index is -4.88. The summed E-state index contributed by atoms with van der Waals surface area (Å²) in [7, 11) is -9.75. The van der Waals surface area contributed by atoms with E-state index in [1.165, 1.54) is 0 Å². The van der Waals surface area contributed by atoms with Gasteiger partial charge in [-0.05, 0) is 111 Å². The third kappa shape index (κ3) is 14.2. The molecule has 0 bridgehead atoms. The number of hydrogen-bond donors (Lipinski definition) is 0. The molecule has 2 aromatic carbocycles. The van der Waals surface area contributed by atoms with E-state index in [1.54, 1.807) is 92.6 Å². The molecule has 49 heavy (non-hydrogen) atoms. The van der Waals surface area contributed by atoms with Crippen molar-refractivity contribution in [3.05, 3.63) is 60.2 Å². The third-order valence-corrected chi connectivity index (χ3v) is 11.3. The second-order valence-electron chi connectivity index (χ2n) is 14.2. The highest BCUT2D eigenvalue weighted by molar-refractivity contribution is 7.94. The summed E-state index contributed by atoms with van der Waals surface area (Å²) >= 11 is 0. The quantitative estimate of drug-likeness (QED) is 0.0522. The Bertz CT molecular complexity index is 1520. The van der Waals surface area contributed by atoms with Gasteiger partial charge in [0.05, 0.1) is 16.2 Å². The monoisotopic (exact) mass is 728 g/mol. The van der Waals surface area contributed by atoms with Gasteiger partial charge in [0.2, 0.25) is 20.4 Å². The number of ether oxygens (including phenoxy) is 4. The Labute approximate surface area is 289 Å². The van der Waals surface area contributed by atoms with Gasteiger partial charge in [0.15, 0.2) is 4.99 Å². The molecule has 0 aliphatic heterocycles. The summed E-state index contributed by atoms with van der Waals surface area (Å²) in [5, 5.41) is 0. The fraction of sp³-hybridized carbons (Fsp3) is 0.559. The van der Waals surface area contributed by atoms with Crippen molar-refractivity contribution in [2.75, 3.05) is 20.4 Å². The lowest BCUT2D eigenvalue weighted by molar-refractivity contribution is -0.162. The van der Waals surface area contributed by atoms with Crippen LogP contribution in [0.5, 0.6) is 11.5 Å². The van der Waals surface area contributed by atoms with E-state index in [2.05, 4.69) is 0 Å². The van der Waals surface area contributed by atoms with E-state index in [-0.39, 0.29) is 12.8 Å². The van der Waals surface area contributed by atoms with Crippen molar-refractivity contribution >= 4 is 35.6 Å². The van der Waals surface area contributed by atoms with Crippen LogP contribution >= 0.6 is 7.60 Å². The number of esters is 3. The summed E-state index contributed by atoms with van der Waals surface area (Å²) in [5.74, 6) is -1.00. The molecule has 0 saturated heterocycles. The Morgan fingerprint density at radius 2 is 1.14 bits per heavy atom. The van der Waals surface area contributed by atoms with Crippen LogP contribution in [0.1, 0.15) is 80.7 Å². The Hall–Kier alpha value is -3.29. The molecular formula is C34H49O13PS. The SMILES string of the molecule is CC(C)(C)C(=O)OCOP(=O)(OCOC(=O)C(C)(C)C)C(CCCc1cccc(Oc2ccccc2)c1)S(=O)(=O)OCOC(=O)C(C)(C)C. The van der Waals surface area contributed by atoms with Gasteiger partial charge < -0.3 is 18.9 Å². The molecule has 274 valence electrons. The number of rotatable bonds is 17. The highest BCUT2D eigenvalue weighted by atomic mass is 32.2. The smallest absolute Gasteiger partial charge is 0.357 e. The highest BCUT2D eigenvalue weighted by Crippen LogP contribution is 2.57. The van der Waals surface area contributed by atoms with E-state index in [4.69, 9.17) is 32.2 Å². The minimum Gasteiger partial charge on any atom is -0.457 e. The Morgan fingerprint density at radius 3 is 1.63 bits per heavy atom. The fourth-order valence-corrected chi connectivity index (χ4v) is 7.63. The Kier molecular flexibility index (Phi) is 15.0. The zero-order chi connectivity index (χ0) is 37.1. The Morgan fingerprint density at radius 1 is 0.673 bits per heavy atom. The minimum absolute atomic E-state index is 0.115. The largest absolute Gasteiger partial charge is 0.457 e. The lowest BCUT2D eigenvalue weighted by Crippen LogP contribution is -2.31. The topological polar surface area (TPSA) is 167 Å². The van der Waals surface area contributed by atoms with Gasteiger partial charge in [-0.2, -0.15) is 8.42 Å². The van der Waals surface area contributed by atoms with Crippen molar-refractivity contribution in [1.29, 1.82) is 0 Å². The molecule has 0 amide bonds. The first-order valence-electron chi connectivity index (χ1n) is 15.7. The second-order valence-corrected chi connectivity index (χ2v) is 18.6. The molecule has 15 heteroatoms. The van der Waals surface area contributed by atoms with Crippen molar-refractivity contribution in [2.24, 2.45) is 16.2 Å². The predicted molar refractivity (Wildman–Crippen MR) is 181 cm³/mol. The van der Waals surface area contributed by atoms with Gasteiger partial charge in [-0.25, -0.2) is 4.18 Å². The number of aryl methyl sites for hydroxylation is 1. The number of carbonyl (C=O) groups is 3. The first-order chi connectivity index (χ1) is 22.5. The van der Waals surface area contributed by atoms with E-state index in [1.807, 2.05) is 24.3 Å². The van der Waals surface area contributed by atoms with E-state index < -0.39 is 77.2 Å². The molecule has 1 atom stereocenters.